The maximum Gasteiger partial charge on any atom is 0.240 e. The number of hydrogen-bond donors (Lipinski definition) is 2. The summed E-state index contributed by atoms with van der Waals surface area (Å²) in [4.78, 5) is 25.3. The zero-order chi connectivity index (χ0) is 13.9. The Morgan fingerprint density at radius 3 is 2.33 bits per heavy atom. The van der Waals surface area contributed by atoms with Crippen LogP contribution in [0.4, 0.5) is 0 Å². The summed E-state index contributed by atoms with van der Waals surface area (Å²) in [5.74, 6) is 0.326. The van der Waals surface area contributed by atoms with Crippen LogP contribution < -0.4 is 10.6 Å². The summed E-state index contributed by atoms with van der Waals surface area (Å²) in [7, 11) is 1.69. The fourth-order valence-corrected chi connectivity index (χ4v) is 1.96. The maximum atomic E-state index is 12.1. The van der Waals surface area contributed by atoms with Crippen LogP contribution in [0.25, 0.3) is 0 Å². The number of carbonyl (C=O) groups excluding carboxylic acids is 2. The van der Waals surface area contributed by atoms with Crippen molar-refractivity contribution in [1.82, 2.24) is 15.5 Å². The molecule has 0 aromatic rings. The first kappa shape index (κ1) is 15.0. The van der Waals surface area contributed by atoms with Gasteiger partial charge in [-0.2, -0.15) is 0 Å². The Bertz CT molecular complexity index is 319. The number of likely N-dealkylation sites (N-methyl/N-ethyl adjacent to an activating group) is 1. The third-order valence-corrected chi connectivity index (χ3v) is 3.18. The molecule has 1 aliphatic heterocycles. The van der Waals surface area contributed by atoms with E-state index in [1.165, 1.54) is 4.90 Å². The molecule has 104 valence electrons. The summed E-state index contributed by atoms with van der Waals surface area (Å²) in [6.45, 7) is 9.64. The van der Waals surface area contributed by atoms with Gasteiger partial charge in [0, 0.05) is 18.5 Å². The van der Waals surface area contributed by atoms with E-state index in [-0.39, 0.29) is 29.8 Å². The SMILES string of the molecule is CC(C(=O)N(C)CC(=O)NC(C)(C)C)C1CNC1. The second-order valence-electron chi connectivity index (χ2n) is 6.20. The molecule has 5 nitrogen and oxygen atoms in total. The highest BCUT2D eigenvalue weighted by atomic mass is 16.2. The van der Waals surface area contributed by atoms with Gasteiger partial charge in [0.15, 0.2) is 0 Å². The predicted molar refractivity (Wildman–Crippen MR) is 71.1 cm³/mol. The van der Waals surface area contributed by atoms with Crippen molar-refractivity contribution >= 4 is 11.8 Å². The summed E-state index contributed by atoms with van der Waals surface area (Å²) in [6.07, 6.45) is 0. The van der Waals surface area contributed by atoms with E-state index in [0.717, 1.165) is 13.1 Å². The van der Waals surface area contributed by atoms with Crippen molar-refractivity contribution in [3.05, 3.63) is 0 Å². The molecule has 1 rings (SSSR count). The van der Waals surface area contributed by atoms with Crippen LogP contribution in [0.5, 0.6) is 0 Å². The number of nitrogens with one attached hydrogen (secondary N) is 2. The molecule has 1 saturated heterocycles. The monoisotopic (exact) mass is 255 g/mol. The molecule has 2 amide bonds. The molecular weight excluding hydrogens is 230 g/mol. The number of hydrogen-bond acceptors (Lipinski definition) is 3. The van der Waals surface area contributed by atoms with Gasteiger partial charge in [-0.15, -0.1) is 0 Å². The molecule has 2 N–H and O–H groups in total. The highest BCUT2D eigenvalue weighted by Gasteiger charge is 2.31. The van der Waals surface area contributed by atoms with Gasteiger partial charge in [0.2, 0.25) is 11.8 Å². The Hall–Kier alpha value is -1.10. The minimum absolute atomic E-state index is 0.0151. The van der Waals surface area contributed by atoms with Crippen molar-refractivity contribution in [3.63, 3.8) is 0 Å². The van der Waals surface area contributed by atoms with E-state index in [9.17, 15) is 9.59 Å². The normalized spacial score (nSPS) is 17.8. The zero-order valence-corrected chi connectivity index (χ0v) is 12.0. The molecule has 0 spiro atoms. The molecule has 0 saturated carbocycles. The number of rotatable bonds is 4. The van der Waals surface area contributed by atoms with Crippen LogP contribution in [0.1, 0.15) is 27.7 Å². The minimum Gasteiger partial charge on any atom is -0.350 e. The van der Waals surface area contributed by atoms with Crippen LogP contribution >= 0.6 is 0 Å². The molecule has 0 aromatic carbocycles. The topological polar surface area (TPSA) is 61.4 Å². The van der Waals surface area contributed by atoms with Gasteiger partial charge in [-0.05, 0) is 39.8 Å². The fourth-order valence-electron chi connectivity index (χ4n) is 1.96. The van der Waals surface area contributed by atoms with Crippen LogP contribution in [-0.4, -0.2) is 48.9 Å². The highest BCUT2D eigenvalue weighted by Crippen LogP contribution is 2.17. The van der Waals surface area contributed by atoms with E-state index < -0.39 is 0 Å². The molecule has 1 heterocycles. The molecule has 1 fully saturated rings. The van der Waals surface area contributed by atoms with Crippen molar-refractivity contribution in [2.24, 2.45) is 11.8 Å². The molecule has 0 aromatic heterocycles. The first-order valence-corrected chi connectivity index (χ1v) is 6.47. The lowest BCUT2D eigenvalue weighted by Gasteiger charge is -2.34. The lowest BCUT2D eigenvalue weighted by Crippen LogP contribution is -2.52. The quantitative estimate of drug-likeness (QED) is 0.755. The van der Waals surface area contributed by atoms with Gasteiger partial charge in [0.05, 0.1) is 6.54 Å². The molecule has 1 atom stereocenters. The second-order valence-corrected chi connectivity index (χ2v) is 6.20. The molecule has 0 bridgehead atoms. The average molecular weight is 255 g/mol. The number of amides is 2. The number of carbonyl (C=O) groups is 2. The first-order chi connectivity index (χ1) is 8.20. The van der Waals surface area contributed by atoms with Crippen molar-refractivity contribution < 1.29 is 9.59 Å². The van der Waals surface area contributed by atoms with Gasteiger partial charge in [-0.25, -0.2) is 0 Å². The Kier molecular flexibility index (Phi) is 4.73. The standard InChI is InChI=1S/C13H25N3O2/c1-9(10-6-14-7-10)12(18)16(5)8-11(17)15-13(2,3)4/h9-10,14H,6-8H2,1-5H3,(H,15,17). The van der Waals surface area contributed by atoms with Crippen molar-refractivity contribution in [1.29, 1.82) is 0 Å². The molecule has 5 heteroatoms. The van der Waals surface area contributed by atoms with Gasteiger partial charge in [-0.3, -0.25) is 9.59 Å². The number of nitrogens with zero attached hydrogens (tertiary/aromatic N) is 1. The summed E-state index contributed by atoms with van der Waals surface area (Å²) in [6, 6.07) is 0. The molecule has 1 aliphatic rings. The summed E-state index contributed by atoms with van der Waals surface area (Å²) in [5, 5.41) is 6.01. The fraction of sp³-hybridized carbons (Fsp3) is 0.846. The van der Waals surface area contributed by atoms with Crippen molar-refractivity contribution in [2.45, 2.75) is 33.2 Å². The van der Waals surface area contributed by atoms with Crippen molar-refractivity contribution in [2.75, 3.05) is 26.7 Å². The molecule has 18 heavy (non-hydrogen) atoms. The summed E-state index contributed by atoms with van der Waals surface area (Å²) in [5.41, 5.74) is -0.259. The van der Waals surface area contributed by atoms with Gasteiger partial charge >= 0.3 is 0 Å². The Labute approximate surface area is 109 Å². The van der Waals surface area contributed by atoms with Crippen LogP contribution in [-0.2, 0) is 9.59 Å². The third kappa shape index (κ3) is 4.29. The Balaban J connectivity index is 2.41. The van der Waals surface area contributed by atoms with Gasteiger partial charge in [0.25, 0.3) is 0 Å². The van der Waals surface area contributed by atoms with Crippen LogP contribution in [0.2, 0.25) is 0 Å². The van der Waals surface area contributed by atoms with Gasteiger partial charge < -0.3 is 15.5 Å². The zero-order valence-electron chi connectivity index (χ0n) is 12.0. The Morgan fingerprint density at radius 1 is 1.39 bits per heavy atom. The lowest BCUT2D eigenvalue weighted by molar-refractivity contribution is -0.139. The third-order valence-electron chi connectivity index (χ3n) is 3.18. The predicted octanol–water partition coefficient (Wildman–Crippen LogP) is 0.215. The van der Waals surface area contributed by atoms with E-state index in [4.69, 9.17) is 0 Å². The Morgan fingerprint density at radius 2 is 1.94 bits per heavy atom. The van der Waals surface area contributed by atoms with E-state index in [2.05, 4.69) is 10.6 Å². The minimum atomic E-state index is -0.259. The second kappa shape index (κ2) is 5.69. The largest absolute Gasteiger partial charge is 0.350 e. The van der Waals surface area contributed by atoms with Crippen LogP contribution in [0.3, 0.4) is 0 Å². The van der Waals surface area contributed by atoms with Crippen molar-refractivity contribution in [3.8, 4) is 0 Å². The average Bonchev–Trinajstić information content (AvgIpc) is 2.10. The lowest BCUT2D eigenvalue weighted by atomic mass is 9.88. The van der Waals surface area contributed by atoms with E-state index >= 15 is 0 Å². The molecule has 1 unspecified atom stereocenters. The molecule has 0 aliphatic carbocycles. The smallest absolute Gasteiger partial charge is 0.240 e. The van der Waals surface area contributed by atoms with E-state index in [1.54, 1.807) is 7.05 Å². The first-order valence-electron chi connectivity index (χ1n) is 6.47. The summed E-state index contributed by atoms with van der Waals surface area (Å²) >= 11 is 0. The van der Waals surface area contributed by atoms with E-state index in [0.29, 0.717) is 5.92 Å². The molecule has 0 radical (unpaired) electrons. The van der Waals surface area contributed by atoms with Gasteiger partial charge in [-0.1, -0.05) is 6.92 Å². The van der Waals surface area contributed by atoms with E-state index in [1.807, 2.05) is 27.7 Å². The maximum absolute atomic E-state index is 12.1. The van der Waals surface area contributed by atoms with Crippen LogP contribution in [0.15, 0.2) is 0 Å². The van der Waals surface area contributed by atoms with Crippen LogP contribution in [0, 0.1) is 11.8 Å². The van der Waals surface area contributed by atoms with Gasteiger partial charge in [0.1, 0.15) is 0 Å². The highest BCUT2D eigenvalue weighted by molar-refractivity contribution is 5.86. The summed E-state index contributed by atoms with van der Waals surface area (Å²) < 4.78 is 0. The molecular formula is C13H25N3O2.